The first-order chi connectivity index (χ1) is 9.40. The van der Waals surface area contributed by atoms with Crippen LogP contribution in [0.15, 0.2) is 23.1 Å². The molecule has 1 rings (SSSR count). The Labute approximate surface area is 118 Å². The fraction of sp³-hybridized carbons (Fsp3) is 0.462. The van der Waals surface area contributed by atoms with Gasteiger partial charge in [0.15, 0.2) is 0 Å². The van der Waals surface area contributed by atoms with Crippen molar-refractivity contribution in [2.45, 2.75) is 31.6 Å². The molecule has 6 nitrogen and oxygen atoms in total. The Hall–Kier alpha value is -1.60. The highest BCUT2D eigenvalue weighted by Crippen LogP contribution is 2.24. The van der Waals surface area contributed by atoms with Crippen LogP contribution in [0.5, 0.6) is 5.75 Å². The third-order valence-electron chi connectivity index (χ3n) is 2.52. The molecule has 2 N–H and O–H groups in total. The molecule has 0 unspecified atom stereocenters. The predicted octanol–water partition coefficient (Wildman–Crippen LogP) is 1.69. The molecule has 0 heterocycles. The monoisotopic (exact) mass is 301 g/mol. The number of hydrogen-bond acceptors (Lipinski definition) is 5. The average Bonchev–Trinajstić information content (AvgIpc) is 2.38. The van der Waals surface area contributed by atoms with Crippen LogP contribution in [0.2, 0.25) is 0 Å². The SMILES string of the molecule is CCCCOC(=O)c1ccc(OCC)c(S(N)(=O)=O)c1. The minimum Gasteiger partial charge on any atom is -0.492 e. The molecule has 0 aromatic heterocycles. The molecule has 1 aromatic rings. The van der Waals surface area contributed by atoms with Gasteiger partial charge in [-0.15, -0.1) is 0 Å². The second kappa shape index (κ2) is 7.25. The highest BCUT2D eigenvalue weighted by molar-refractivity contribution is 7.89. The van der Waals surface area contributed by atoms with Gasteiger partial charge in [0, 0.05) is 0 Å². The van der Waals surface area contributed by atoms with Crippen molar-refractivity contribution in [3.05, 3.63) is 23.8 Å². The van der Waals surface area contributed by atoms with Crippen molar-refractivity contribution < 1.29 is 22.7 Å². The summed E-state index contributed by atoms with van der Waals surface area (Å²) in [6.07, 6.45) is 1.66. The fourth-order valence-corrected chi connectivity index (χ4v) is 2.22. The minimum atomic E-state index is -3.97. The molecule has 0 fully saturated rings. The Bertz CT molecular complexity index is 568. The first-order valence-corrected chi connectivity index (χ1v) is 7.91. The molecule has 0 radical (unpaired) electrons. The van der Waals surface area contributed by atoms with Gasteiger partial charge in [-0.3, -0.25) is 0 Å². The maximum Gasteiger partial charge on any atom is 0.338 e. The molecular weight excluding hydrogens is 282 g/mol. The van der Waals surface area contributed by atoms with Gasteiger partial charge in [-0.1, -0.05) is 13.3 Å². The standard InChI is InChI=1S/C13H19NO5S/c1-3-5-8-19-13(15)10-6-7-11(18-4-2)12(9-10)20(14,16)17/h6-7,9H,3-5,8H2,1-2H3,(H2,14,16,17). The molecule has 0 bridgehead atoms. The summed E-state index contributed by atoms with van der Waals surface area (Å²) in [5.74, 6) is -0.452. The topological polar surface area (TPSA) is 95.7 Å². The number of unbranched alkanes of at least 4 members (excludes halogenated alkanes) is 1. The lowest BCUT2D eigenvalue weighted by atomic mass is 10.2. The van der Waals surface area contributed by atoms with Gasteiger partial charge in [0.1, 0.15) is 10.6 Å². The Kier molecular flexibility index (Phi) is 5.97. The first-order valence-electron chi connectivity index (χ1n) is 6.37. The van der Waals surface area contributed by atoms with Crippen molar-refractivity contribution in [2.24, 2.45) is 5.14 Å². The molecule has 0 atom stereocenters. The van der Waals surface area contributed by atoms with E-state index in [0.717, 1.165) is 12.8 Å². The van der Waals surface area contributed by atoms with Gasteiger partial charge in [-0.2, -0.15) is 0 Å². The second-order valence-electron chi connectivity index (χ2n) is 4.13. The van der Waals surface area contributed by atoms with Crippen LogP contribution in [0.1, 0.15) is 37.0 Å². The molecule has 0 aliphatic rings. The van der Waals surface area contributed by atoms with Gasteiger partial charge in [-0.25, -0.2) is 18.4 Å². The Morgan fingerprint density at radius 3 is 2.55 bits per heavy atom. The van der Waals surface area contributed by atoms with E-state index < -0.39 is 16.0 Å². The van der Waals surface area contributed by atoms with Crippen LogP contribution in [0.25, 0.3) is 0 Å². The number of rotatable bonds is 7. The number of esters is 1. The molecule has 112 valence electrons. The molecule has 0 spiro atoms. The van der Waals surface area contributed by atoms with Gasteiger partial charge < -0.3 is 9.47 Å². The third-order valence-corrected chi connectivity index (χ3v) is 3.45. The van der Waals surface area contributed by atoms with Crippen LogP contribution in [-0.2, 0) is 14.8 Å². The van der Waals surface area contributed by atoms with Crippen molar-refractivity contribution in [1.82, 2.24) is 0 Å². The van der Waals surface area contributed by atoms with Crippen molar-refractivity contribution in [3.63, 3.8) is 0 Å². The second-order valence-corrected chi connectivity index (χ2v) is 5.66. The normalized spacial score (nSPS) is 11.2. The van der Waals surface area contributed by atoms with Crippen LogP contribution in [0.3, 0.4) is 0 Å². The average molecular weight is 301 g/mol. The molecule has 7 heteroatoms. The van der Waals surface area contributed by atoms with Crippen LogP contribution >= 0.6 is 0 Å². The van der Waals surface area contributed by atoms with E-state index in [0.29, 0.717) is 13.2 Å². The summed E-state index contributed by atoms with van der Waals surface area (Å²) in [5, 5.41) is 5.12. The summed E-state index contributed by atoms with van der Waals surface area (Å²) in [6.45, 7) is 4.29. The van der Waals surface area contributed by atoms with Crippen LogP contribution in [0, 0.1) is 0 Å². The van der Waals surface area contributed by atoms with E-state index in [9.17, 15) is 13.2 Å². The van der Waals surface area contributed by atoms with Gasteiger partial charge in [0.2, 0.25) is 10.0 Å². The number of carbonyl (C=O) groups is 1. The smallest absolute Gasteiger partial charge is 0.338 e. The maximum absolute atomic E-state index is 11.8. The van der Waals surface area contributed by atoms with Gasteiger partial charge >= 0.3 is 5.97 Å². The van der Waals surface area contributed by atoms with Crippen molar-refractivity contribution in [2.75, 3.05) is 13.2 Å². The van der Waals surface area contributed by atoms with Crippen molar-refractivity contribution >= 4 is 16.0 Å². The lowest BCUT2D eigenvalue weighted by molar-refractivity contribution is 0.0499. The summed E-state index contributed by atoms with van der Waals surface area (Å²) in [6, 6.07) is 4.03. The summed E-state index contributed by atoms with van der Waals surface area (Å²) in [5.41, 5.74) is 0.133. The Morgan fingerprint density at radius 2 is 2.00 bits per heavy atom. The van der Waals surface area contributed by atoms with Crippen molar-refractivity contribution in [3.8, 4) is 5.75 Å². The zero-order chi connectivity index (χ0) is 15.2. The number of carbonyl (C=O) groups excluding carboxylic acids is 1. The van der Waals surface area contributed by atoms with Crippen molar-refractivity contribution in [1.29, 1.82) is 0 Å². The molecular formula is C13H19NO5S. The maximum atomic E-state index is 11.8. The van der Waals surface area contributed by atoms with Gasteiger partial charge in [0.05, 0.1) is 18.8 Å². The summed E-state index contributed by atoms with van der Waals surface area (Å²) in [7, 11) is -3.97. The molecule has 20 heavy (non-hydrogen) atoms. The lowest BCUT2D eigenvalue weighted by Crippen LogP contribution is -2.15. The Balaban J connectivity index is 3.03. The number of nitrogens with two attached hydrogens (primary N) is 1. The van der Waals surface area contributed by atoms with E-state index in [1.54, 1.807) is 6.92 Å². The summed E-state index contributed by atoms with van der Waals surface area (Å²) < 4.78 is 33.2. The largest absolute Gasteiger partial charge is 0.492 e. The molecule has 1 aromatic carbocycles. The Morgan fingerprint density at radius 1 is 1.30 bits per heavy atom. The lowest BCUT2D eigenvalue weighted by Gasteiger charge is -2.10. The van der Waals surface area contributed by atoms with E-state index in [-0.39, 0.29) is 16.2 Å². The molecule has 0 amide bonds. The molecule has 0 saturated heterocycles. The predicted molar refractivity (Wildman–Crippen MR) is 74.2 cm³/mol. The van der Waals surface area contributed by atoms with E-state index in [2.05, 4.69) is 0 Å². The highest BCUT2D eigenvalue weighted by atomic mass is 32.2. The number of sulfonamides is 1. The number of ether oxygens (including phenoxy) is 2. The van der Waals surface area contributed by atoms with E-state index in [4.69, 9.17) is 14.6 Å². The number of benzene rings is 1. The van der Waals surface area contributed by atoms with Gasteiger partial charge in [-0.05, 0) is 31.5 Å². The van der Waals surface area contributed by atoms with E-state index in [1.165, 1.54) is 18.2 Å². The van der Waals surface area contributed by atoms with E-state index in [1.807, 2.05) is 6.92 Å². The summed E-state index contributed by atoms with van der Waals surface area (Å²) in [4.78, 5) is 11.6. The molecule has 0 aliphatic carbocycles. The summed E-state index contributed by atoms with van der Waals surface area (Å²) >= 11 is 0. The first kappa shape index (κ1) is 16.5. The fourth-order valence-electron chi connectivity index (χ4n) is 1.52. The third kappa shape index (κ3) is 4.50. The molecule has 0 aliphatic heterocycles. The number of hydrogen-bond donors (Lipinski definition) is 1. The quantitative estimate of drug-likeness (QED) is 0.610. The van der Waals surface area contributed by atoms with Crippen LogP contribution in [0.4, 0.5) is 0 Å². The number of primary sulfonamides is 1. The minimum absolute atomic E-state index is 0.125. The van der Waals surface area contributed by atoms with Crippen LogP contribution < -0.4 is 9.88 Å². The van der Waals surface area contributed by atoms with Crippen LogP contribution in [-0.4, -0.2) is 27.6 Å². The highest BCUT2D eigenvalue weighted by Gasteiger charge is 2.18. The zero-order valence-corrected chi connectivity index (χ0v) is 12.4. The zero-order valence-electron chi connectivity index (χ0n) is 11.6. The van der Waals surface area contributed by atoms with Gasteiger partial charge in [0.25, 0.3) is 0 Å². The molecule has 0 saturated carbocycles. The van der Waals surface area contributed by atoms with E-state index >= 15 is 0 Å².